The van der Waals surface area contributed by atoms with E-state index in [9.17, 15) is 0 Å². The highest BCUT2D eigenvalue weighted by molar-refractivity contribution is 7.97. The lowest BCUT2D eigenvalue weighted by atomic mass is 10.3. The Hall–Kier alpha value is -2.91. The molecule has 0 saturated heterocycles. The van der Waals surface area contributed by atoms with Gasteiger partial charge in [-0.05, 0) is 74.5 Å². The van der Waals surface area contributed by atoms with Crippen molar-refractivity contribution in [2.45, 2.75) is 28.5 Å². The summed E-state index contributed by atoms with van der Waals surface area (Å²) in [6.45, 7) is 15.8. The summed E-state index contributed by atoms with van der Waals surface area (Å²) in [7, 11) is -0.146. The van der Waals surface area contributed by atoms with Gasteiger partial charge in [0.1, 0.15) is 0 Å². The first kappa shape index (κ1) is 22.8. The van der Waals surface area contributed by atoms with Gasteiger partial charge < -0.3 is 9.80 Å². The van der Waals surface area contributed by atoms with Crippen molar-refractivity contribution in [3.63, 3.8) is 0 Å². The zero-order chi connectivity index (χ0) is 22.1. The second-order valence-corrected chi connectivity index (χ2v) is 9.29. The van der Waals surface area contributed by atoms with Crippen molar-refractivity contribution in [2.75, 3.05) is 36.0 Å². The van der Waals surface area contributed by atoms with E-state index in [1.807, 2.05) is 12.2 Å². The lowest BCUT2D eigenvalue weighted by Gasteiger charge is -2.22. The summed E-state index contributed by atoms with van der Waals surface area (Å²) in [6.07, 6.45) is 3.87. The summed E-state index contributed by atoms with van der Waals surface area (Å²) in [5, 5.41) is 0. The molecule has 0 amide bonds. The van der Waals surface area contributed by atoms with E-state index in [1.165, 1.54) is 26.1 Å². The van der Waals surface area contributed by atoms with Gasteiger partial charge in [0.15, 0.2) is 14.7 Å². The Balaban J connectivity index is 1.97. The van der Waals surface area contributed by atoms with Crippen molar-refractivity contribution in [1.29, 1.82) is 0 Å². The van der Waals surface area contributed by atoms with E-state index < -0.39 is 0 Å². The number of hydrogen-bond donors (Lipinski definition) is 0. The van der Waals surface area contributed by atoms with Crippen LogP contribution >= 0.6 is 0 Å². The summed E-state index contributed by atoms with van der Waals surface area (Å²) in [4.78, 5) is 8.64. The maximum Gasteiger partial charge on any atom is 0.166 e. The van der Waals surface area contributed by atoms with Gasteiger partial charge >= 0.3 is 0 Å². The van der Waals surface area contributed by atoms with Gasteiger partial charge in [-0.3, -0.25) is 0 Å². The molecular formula is C28H33N2S+. The minimum Gasteiger partial charge on any atom is -0.372 e. The summed E-state index contributed by atoms with van der Waals surface area (Å²) >= 11 is 0. The van der Waals surface area contributed by atoms with Gasteiger partial charge in [0.25, 0.3) is 0 Å². The zero-order valence-corrected chi connectivity index (χ0v) is 19.5. The minimum atomic E-state index is -0.146. The summed E-state index contributed by atoms with van der Waals surface area (Å²) < 4.78 is 0. The molecule has 0 radical (unpaired) electrons. The molecule has 0 heterocycles. The molecule has 0 N–H and O–H groups in total. The molecule has 2 nitrogen and oxygen atoms in total. The number of rotatable bonds is 11. The van der Waals surface area contributed by atoms with E-state index in [1.54, 1.807) is 0 Å². The van der Waals surface area contributed by atoms with Gasteiger partial charge in [-0.25, -0.2) is 0 Å². The summed E-state index contributed by atoms with van der Waals surface area (Å²) in [5.41, 5.74) is 2.47. The predicted octanol–water partition coefficient (Wildman–Crippen LogP) is 6.81. The van der Waals surface area contributed by atoms with Crippen LogP contribution in [0.2, 0.25) is 0 Å². The molecule has 31 heavy (non-hydrogen) atoms. The molecule has 0 bridgehead atoms. The molecule has 0 spiro atoms. The van der Waals surface area contributed by atoms with Gasteiger partial charge in [-0.1, -0.05) is 30.4 Å². The van der Waals surface area contributed by atoms with Gasteiger partial charge in [-0.15, -0.1) is 13.2 Å². The first-order chi connectivity index (χ1) is 15.2. The second kappa shape index (κ2) is 11.5. The molecule has 0 aliphatic rings. The SMILES string of the molecule is C=CCN(CC=C)c1ccc([S+](c2ccccc2)c2ccc(N(CC)CC)cc2)cc1. The molecule has 0 saturated carbocycles. The number of hydrogen-bond acceptors (Lipinski definition) is 2. The van der Waals surface area contributed by atoms with Crippen LogP contribution in [0.15, 0.2) is 119 Å². The molecule has 1 unspecified atom stereocenters. The second-order valence-electron chi connectivity index (χ2n) is 7.26. The quantitative estimate of drug-likeness (QED) is 0.244. The lowest BCUT2D eigenvalue weighted by molar-refractivity contribution is 0.865. The minimum absolute atomic E-state index is 0.146. The van der Waals surface area contributed by atoms with E-state index in [0.717, 1.165) is 26.2 Å². The molecule has 1 atom stereocenters. The Labute approximate surface area is 190 Å². The molecule has 3 aromatic rings. The van der Waals surface area contributed by atoms with Crippen LogP contribution in [0, 0.1) is 0 Å². The van der Waals surface area contributed by atoms with Crippen LogP contribution in [0.1, 0.15) is 13.8 Å². The Morgan fingerprint density at radius 1 is 0.613 bits per heavy atom. The average molecular weight is 430 g/mol. The van der Waals surface area contributed by atoms with Crippen molar-refractivity contribution in [3.8, 4) is 0 Å². The fourth-order valence-corrected chi connectivity index (χ4v) is 5.80. The molecule has 3 aromatic carbocycles. The van der Waals surface area contributed by atoms with Crippen molar-refractivity contribution in [1.82, 2.24) is 0 Å². The maximum atomic E-state index is 3.89. The van der Waals surface area contributed by atoms with Gasteiger partial charge in [0.2, 0.25) is 0 Å². The normalized spacial score (nSPS) is 11.5. The molecule has 0 fully saturated rings. The first-order valence-electron chi connectivity index (χ1n) is 10.9. The zero-order valence-electron chi connectivity index (χ0n) is 18.7. The van der Waals surface area contributed by atoms with Crippen LogP contribution in [-0.4, -0.2) is 26.2 Å². The lowest BCUT2D eigenvalue weighted by Crippen LogP contribution is -2.23. The highest BCUT2D eigenvalue weighted by Gasteiger charge is 2.28. The van der Waals surface area contributed by atoms with Crippen molar-refractivity contribution in [2.24, 2.45) is 0 Å². The fraction of sp³-hybridized carbons (Fsp3) is 0.214. The number of nitrogens with zero attached hydrogens (tertiary/aromatic N) is 2. The number of benzene rings is 3. The fourth-order valence-electron chi connectivity index (χ4n) is 3.74. The van der Waals surface area contributed by atoms with Crippen LogP contribution in [0.3, 0.4) is 0 Å². The Bertz CT molecular complexity index is 935. The Kier molecular flexibility index (Phi) is 8.43. The van der Waals surface area contributed by atoms with E-state index >= 15 is 0 Å². The molecule has 0 aliphatic heterocycles. The highest BCUT2D eigenvalue weighted by atomic mass is 32.2. The molecule has 160 valence electrons. The largest absolute Gasteiger partial charge is 0.372 e. The summed E-state index contributed by atoms with van der Waals surface area (Å²) in [5.74, 6) is 0. The standard InChI is InChI=1S/C28H33N2S/c1-5-22-30(23-6-2)25-16-20-28(21-17-25)31(26-12-10-9-11-13-26)27-18-14-24(15-19-27)29(7-3)8-4/h5-6,9-21H,1-2,7-8,22-23H2,3-4H3/q+1. The molecule has 3 heteroatoms. The van der Waals surface area contributed by atoms with Crippen molar-refractivity contribution >= 4 is 22.3 Å². The van der Waals surface area contributed by atoms with Crippen LogP contribution in [-0.2, 0) is 10.9 Å². The van der Waals surface area contributed by atoms with E-state index in [2.05, 4.69) is 116 Å². The monoisotopic (exact) mass is 429 g/mol. The van der Waals surface area contributed by atoms with Crippen LogP contribution in [0.4, 0.5) is 11.4 Å². The Morgan fingerprint density at radius 2 is 1.03 bits per heavy atom. The third kappa shape index (κ3) is 5.62. The average Bonchev–Trinajstić information content (AvgIpc) is 2.82. The summed E-state index contributed by atoms with van der Waals surface area (Å²) in [6, 6.07) is 28.9. The van der Waals surface area contributed by atoms with E-state index in [0.29, 0.717) is 0 Å². The number of anilines is 2. The smallest absolute Gasteiger partial charge is 0.166 e. The third-order valence-corrected chi connectivity index (χ3v) is 7.55. The molecule has 3 rings (SSSR count). The van der Waals surface area contributed by atoms with Crippen LogP contribution in [0.25, 0.3) is 0 Å². The van der Waals surface area contributed by atoms with E-state index in [4.69, 9.17) is 0 Å². The maximum absolute atomic E-state index is 3.89. The Morgan fingerprint density at radius 3 is 1.45 bits per heavy atom. The third-order valence-electron chi connectivity index (χ3n) is 5.32. The van der Waals surface area contributed by atoms with Crippen molar-refractivity contribution < 1.29 is 0 Å². The van der Waals surface area contributed by atoms with Gasteiger partial charge in [0, 0.05) is 37.6 Å². The van der Waals surface area contributed by atoms with E-state index in [-0.39, 0.29) is 10.9 Å². The van der Waals surface area contributed by atoms with Crippen LogP contribution < -0.4 is 9.80 Å². The highest BCUT2D eigenvalue weighted by Crippen LogP contribution is 2.33. The first-order valence-corrected chi connectivity index (χ1v) is 12.1. The van der Waals surface area contributed by atoms with Gasteiger partial charge in [0.05, 0.1) is 10.9 Å². The topological polar surface area (TPSA) is 6.48 Å². The van der Waals surface area contributed by atoms with Crippen molar-refractivity contribution in [3.05, 3.63) is 104 Å². The van der Waals surface area contributed by atoms with Crippen LogP contribution in [0.5, 0.6) is 0 Å². The van der Waals surface area contributed by atoms with Gasteiger partial charge in [-0.2, -0.15) is 0 Å². The molecule has 0 aromatic heterocycles. The molecule has 0 aliphatic carbocycles. The predicted molar refractivity (Wildman–Crippen MR) is 138 cm³/mol. The molecular weight excluding hydrogens is 396 g/mol.